The molecular weight excluding hydrogens is 274 g/mol. The molecule has 0 unspecified atom stereocenters. The molecule has 0 radical (unpaired) electrons. The van der Waals surface area contributed by atoms with Crippen LogP contribution in [0.4, 0.5) is 23.0 Å². The summed E-state index contributed by atoms with van der Waals surface area (Å²) in [6.07, 6.45) is 0. The van der Waals surface area contributed by atoms with Gasteiger partial charge in [-0.05, 0) is 12.1 Å². The molecule has 18 heavy (non-hydrogen) atoms. The fraction of sp³-hybridized carbons (Fsp3) is 0. The maximum Gasteiger partial charge on any atom is 1.00 e. The van der Waals surface area contributed by atoms with Gasteiger partial charge in [0.1, 0.15) is 10.1 Å². The molecule has 0 atom stereocenters. The van der Waals surface area contributed by atoms with Gasteiger partial charge in [0.15, 0.2) is 4.98 Å². The molecule has 0 saturated heterocycles. The Kier molecular flexibility index (Phi) is 7.91. The number of hydrogen-bond donors (Lipinski definition) is 0. The minimum absolute atomic E-state index is 0. The van der Waals surface area contributed by atoms with Crippen molar-refractivity contribution >= 4 is 23.1 Å². The molecule has 5 nitrogen and oxygen atoms in total. The third-order valence-electron chi connectivity index (χ3n) is 1.24. The Morgan fingerprint density at radius 1 is 1.11 bits per heavy atom. The molecule has 0 saturated carbocycles. The van der Waals surface area contributed by atoms with Crippen LogP contribution in [-0.2, 0) is 10.1 Å². The molecule has 12 heteroatoms. The molecule has 0 fully saturated rings. The van der Waals surface area contributed by atoms with E-state index in [4.69, 9.17) is 5.39 Å². The second-order valence-electron chi connectivity index (χ2n) is 2.54. The largest absolute Gasteiger partial charge is 1.00 e. The van der Waals surface area contributed by atoms with Crippen molar-refractivity contribution in [2.24, 2.45) is 0 Å². The molecule has 1 rings (SSSR count). The van der Waals surface area contributed by atoms with Crippen molar-refractivity contribution in [3.63, 3.8) is 0 Å². The fourth-order valence-electron chi connectivity index (χ4n) is 0.679. The summed E-state index contributed by atoms with van der Waals surface area (Å²) in [6.45, 7) is 0. The van der Waals surface area contributed by atoms with Gasteiger partial charge in [-0.3, -0.25) is 0 Å². The van der Waals surface area contributed by atoms with Gasteiger partial charge in [-0.1, -0.05) is 0 Å². The van der Waals surface area contributed by atoms with E-state index in [-0.39, 0.29) is 29.4 Å². The van der Waals surface area contributed by atoms with Gasteiger partial charge in [0, 0.05) is 12.1 Å². The van der Waals surface area contributed by atoms with Crippen molar-refractivity contribution in [1.82, 2.24) is 0 Å². The first kappa shape index (κ1) is 19.3. The molecule has 0 N–H and O–H groups in total. The summed E-state index contributed by atoms with van der Waals surface area (Å²) in [6, 6.07) is 4.62. The summed E-state index contributed by atoms with van der Waals surface area (Å²) in [5.74, 6) is 0. The Bertz CT molecular complexity index is 507. The predicted octanol–water partition coefficient (Wildman–Crippen LogP) is -0.621. The summed E-state index contributed by atoms with van der Waals surface area (Å²) < 4.78 is 70.2. The van der Waals surface area contributed by atoms with Crippen LogP contribution >= 0.6 is 0 Å². The molecule has 0 aliphatic rings. The van der Waals surface area contributed by atoms with Crippen LogP contribution in [0.1, 0.15) is 0 Å². The second-order valence-corrected chi connectivity index (χ2v) is 3.92. The van der Waals surface area contributed by atoms with E-state index in [9.17, 15) is 30.2 Å². The Labute approximate surface area is 112 Å². The average Bonchev–Trinajstić information content (AvgIpc) is 2.14. The van der Waals surface area contributed by atoms with E-state index in [0.29, 0.717) is 0 Å². The molecule has 1 aromatic carbocycles. The molecule has 94 valence electrons. The number of diazo groups is 1. The maximum absolute atomic E-state index is 10.4. The third-order valence-corrected chi connectivity index (χ3v) is 2.09. The summed E-state index contributed by atoms with van der Waals surface area (Å²) in [5.41, 5.74) is 0.197. The predicted molar refractivity (Wildman–Crippen MR) is 49.3 cm³/mol. The Hall–Kier alpha value is -1.07. The first-order chi connectivity index (χ1) is 7.54. The fourth-order valence-corrected chi connectivity index (χ4v) is 1.15. The van der Waals surface area contributed by atoms with Crippen molar-refractivity contribution in [2.75, 3.05) is 0 Å². The summed E-state index contributed by atoms with van der Waals surface area (Å²) in [7, 11) is -10.4. The monoisotopic (exact) mass is 278 g/mol. The molecule has 0 aromatic heterocycles. The van der Waals surface area contributed by atoms with Crippen molar-refractivity contribution in [3.8, 4) is 0 Å². The first-order valence-corrected chi connectivity index (χ1v) is 5.23. The smallest absolute Gasteiger partial charge is 0.744 e. The van der Waals surface area contributed by atoms with Crippen molar-refractivity contribution in [2.45, 2.75) is 4.90 Å². The van der Waals surface area contributed by atoms with Crippen LogP contribution in [0.2, 0.25) is 0 Å². The van der Waals surface area contributed by atoms with Crippen LogP contribution in [0.5, 0.6) is 0 Å². The minimum Gasteiger partial charge on any atom is -0.744 e. The zero-order valence-corrected chi connectivity index (χ0v) is 9.74. The maximum atomic E-state index is 10.4. The van der Waals surface area contributed by atoms with Gasteiger partial charge in [-0.25, -0.2) is 8.42 Å². The topological polar surface area (TPSA) is 85.3 Å². The Morgan fingerprint density at radius 3 is 1.67 bits per heavy atom. The summed E-state index contributed by atoms with van der Waals surface area (Å²) >= 11 is 0. The molecule has 0 aliphatic heterocycles. The quantitative estimate of drug-likeness (QED) is 0.296. The van der Waals surface area contributed by atoms with E-state index < -0.39 is 17.4 Å². The second kappa shape index (κ2) is 7.39. The Balaban J connectivity index is 0. The minimum atomic E-state index is -6.00. The van der Waals surface area contributed by atoms with E-state index >= 15 is 0 Å². The Morgan fingerprint density at radius 2 is 1.44 bits per heavy atom. The van der Waals surface area contributed by atoms with Gasteiger partial charge in [0.2, 0.25) is 5.39 Å². The van der Waals surface area contributed by atoms with Crippen LogP contribution < -0.4 is 18.9 Å². The van der Waals surface area contributed by atoms with Gasteiger partial charge in [0.25, 0.3) is 0 Å². The van der Waals surface area contributed by atoms with Crippen LogP contribution in [0, 0.1) is 5.39 Å². The van der Waals surface area contributed by atoms with Gasteiger partial charge in [-0.2, -0.15) is 0 Å². The van der Waals surface area contributed by atoms with Crippen LogP contribution in [0.3, 0.4) is 0 Å². The summed E-state index contributed by atoms with van der Waals surface area (Å²) in [4.78, 5) is 2.46. The van der Waals surface area contributed by atoms with Crippen molar-refractivity contribution < 1.29 is 49.1 Å². The molecule has 0 amide bonds. The number of benzene rings is 1. The number of rotatable bonds is 1. The van der Waals surface area contributed by atoms with E-state index in [1.165, 1.54) is 12.1 Å². The number of hydrogen-bond acceptors (Lipinski definition) is 4. The molecular formula is C6H4BF4LiN2O3S. The molecule has 0 spiro atoms. The molecule has 0 bridgehead atoms. The van der Waals surface area contributed by atoms with Gasteiger partial charge in [-0.15, -0.1) is 0 Å². The van der Waals surface area contributed by atoms with Crippen LogP contribution in [0.25, 0.3) is 4.98 Å². The van der Waals surface area contributed by atoms with Crippen molar-refractivity contribution in [3.05, 3.63) is 29.2 Å². The SMILES string of the molecule is F[B-](F)(F)F.N#[N+]c1ccc(S(=O)(=O)[O-])cc1.[Li+]. The van der Waals surface area contributed by atoms with Crippen LogP contribution in [-0.4, -0.2) is 20.2 Å². The third kappa shape index (κ3) is 10.1. The summed E-state index contributed by atoms with van der Waals surface area (Å²) in [5, 5.41) is 8.23. The van der Waals surface area contributed by atoms with Gasteiger partial charge in [0.05, 0.1) is 4.90 Å². The normalized spacial score (nSPS) is 10.4. The van der Waals surface area contributed by atoms with Crippen molar-refractivity contribution in [1.29, 1.82) is 5.39 Å². The molecule has 0 heterocycles. The number of halogens is 4. The van der Waals surface area contributed by atoms with E-state index in [0.717, 1.165) is 12.1 Å². The van der Waals surface area contributed by atoms with E-state index in [2.05, 4.69) is 4.98 Å². The van der Waals surface area contributed by atoms with Crippen LogP contribution in [0.15, 0.2) is 29.2 Å². The zero-order valence-electron chi connectivity index (χ0n) is 8.93. The van der Waals surface area contributed by atoms with E-state index in [1.807, 2.05) is 0 Å². The first-order valence-electron chi connectivity index (χ1n) is 3.82. The zero-order chi connectivity index (χ0) is 13.7. The standard InChI is InChI=1S/C6H4N2O3S.BF4.Li/c7-8-5-1-3-6(4-2-5)12(9,10)11;2-1(3,4)5;/h1-4H;;/q;-1;+1. The van der Waals surface area contributed by atoms with Gasteiger partial charge >= 0.3 is 31.8 Å². The number of nitrogens with zero attached hydrogens (tertiary/aromatic N) is 2. The van der Waals surface area contributed by atoms with E-state index in [1.54, 1.807) is 0 Å². The molecule has 0 aliphatic carbocycles. The average molecular weight is 278 g/mol. The van der Waals surface area contributed by atoms with Gasteiger partial charge < -0.3 is 21.8 Å². The molecule has 1 aromatic rings.